The number of aromatic nitrogens is 1. The van der Waals surface area contributed by atoms with Crippen molar-refractivity contribution in [1.29, 1.82) is 0 Å². The number of benzene rings is 2. The smallest absolute Gasteiger partial charge is 0.271 e. The predicted octanol–water partition coefficient (Wildman–Crippen LogP) is 3.91. The number of fused-ring (bicyclic) bond motifs is 1. The van der Waals surface area contributed by atoms with Crippen molar-refractivity contribution in [1.82, 2.24) is 9.47 Å². The zero-order chi connectivity index (χ0) is 19.0. The van der Waals surface area contributed by atoms with Crippen molar-refractivity contribution in [2.45, 2.75) is 25.6 Å². The fourth-order valence-electron chi connectivity index (χ4n) is 3.63. The van der Waals surface area contributed by atoms with E-state index >= 15 is 0 Å². The number of hydrogen-bond donors (Lipinski definition) is 0. The van der Waals surface area contributed by atoms with Crippen LogP contribution >= 0.6 is 0 Å². The number of hydrogen-bond acceptors (Lipinski definition) is 2. The Balaban J connectivity index is 1.76. The molecule has 1 atom stereocenters. The number of carbonyl (C=O) groups excluding carboxylic acids is 2. The first kappa shape index (κ1) is 17.2. The van der Waals surface area contributed by atoms with Crippen molar-refractivity contribution >= 4 is 12.2 Å². The molecule has 0 fully saturated rings. The SMILES string of the molecule is CC1(C=O)Cn2c(ccc2-c2ccccc2)C(=O)N1Cc1cccc(F)c1. The van der Waals surface area contributed by atoms with Crippen LogP contribution in [0.1, 0.15) is 23.0 Å². The van der Waals surface area contributed by atoms with Crippen LogP contribution in [0.4, 0.5) is 4.39 Å². The van der Waals surface area contributed by atoms with Gasteiger partial charge in [0.15, 0.2) is 0 Å². The molecule has 2 heterocycles. The van der Waals surface area contributed by atoms with Crippen LogP contribution in [0, 0.1) is 5.82 Å². The molecule has 1 unspecified atom stereocenters. The minimum Gasteiger partial charge on any atom is -0.334 e. The summed E-state index contributed by atoms with van der Waals surface area (Å²) >= 11 is 0. The summed E-state index contributed by atoms with van der Waals surface area (Å²) in [7, 11) is 0. The standard InChI is InChI=1S/C22H19FN2O2/c1-22(15-26)14-24-19(17-7-3-2-4-8-17)10-11-20(24)21(27)25(22)13-16-6-5-9-18(23)12-16/h2-12,15H,13-14H2,1H3. The van der Waals surface area contributed by atoms with Gasteiger partial charge in [0.25, 0.3) is 5.91 Å². The molecule has 0 aliphatic carbocycles. The topological polar surface area (TPSA) is 42.3 Å². The molecular formula is C22H19FN2O2. The Hall–Kier alpha value is -3.21. The van der Waals surface area contributed by atoms with E-state index in [4.69, 9.17) is 0 Å². The van der Waals surface area contributed by atoms with Crippen molar-refractivity contribution in [3.63, 3.8) is 0 Å². The molecule has 1 aliphatic rings. The quantitative estimate of drug-likeness (QED) is 0.661. The van der Waals surface area contributed by atoms with Crippen LogP contribution in [-0.4, -0.2) is 27.2 Å². The van der Waals surface area contributed by atoms with Gasteiger partial charge in [0.2, 0.25) is 0 Å². The Labute approximate surface area is 156 Å². The summed E-state index contributed by atoms with van der Waals surface area (Å²) in [5.41, 5.74) is 2.06. The van der Waals surface area contributed by atoms with E-state index in [0.717, 1.165) is 17.5 Å². The van der Waals surface area contributed by atoms with Gasteiger partial charge in [0.1, 0.15) is 23.3 Å². The molecule has 5 heteroatoms. The summed E-state index contributed by atoms with van der Waals surface area (Å²) in [5.74, 6) is -0.596. The minimum atomic E-state index is -1.01. The number of halogens is 1. The first-order valence-electron chi connectivity index (χ1n) is 8.79. The number of carbonyl (C=O) groups is 2. The van der Waals surface area contributed by atoms with Crippen LogP contribution in [0.5, 0.6) is 0 Å². The number of nitrogens with zero attached hydrogens (tertiary/aromatic N) is 2. The molecule has 2 aromatic carbocycles. The highest BCUT2D eigenvalue weighted by Gasteiger charge is 2.42. The fourth-order valence-corrected chi connectivity index (χ4v) is 3.63. The molecule has 4 nitrogen and oxygen atoms in total. The first-order valence-corrected chi connectivity index (χ1v) is 8.79. The second-order valence-corrected chi connectivity index (χ2v) is 7.05. The van der Waals surface area contributed by atoms with Gasteiger partial charge in [0.05, 0.1) is 6.54 Å². The van der Waals surface area contributed by atoms with E-state index in [-0.39, 0.29) is 18.3 Å². The van der Waals surface area contributed by atoms with Crippen LogP contribution in [0.2, 0.25) is 0 Å². The molecule has 3 aromatic rings. The van der Waals surface area contributed by atoms with Crippen molar-refractivity contribution in [3.05, 3.63) is 83.8 Å². The molecule has 136 valence electrons. The molecule has 0 spiro atoms. The molecule has 1 amide bonds. The average molecular weight is 362 g/mol. The molecule has 27 heavy (non-hydrogen) atoms. The number of rotatable bonds is 4. The van der Waals surface area contributed by atoms with Crippen molar-refractivity contribution < 1.29 is 14.0 Å². The third-order valence-corrected chi connectivity index (χ3v) is 5.09. The first-order chi connectivity index (χ1) is 13.0. The maximum absolute atomic E-state index is 13.5. The van der Waals surface area contributed by atoms with E-state index in [1.54, 1.807) is 25.1 Å². The van der Waals surface area contributed by atoms with E-state index in [2.05, 4.69) is 0 Å². The van der Waals surface area contributed by atoms with Crippen LogP contribution in [0.25, 0.3) is 11.3 Å². The highest BCUT2D eigenvalue weighted by Crippen LogP contribution is 2.32. The van der Waals surface area contributed by atoms with Crippen LogP contribution in [0.15, 0.2) is 66.7 Å². The van der Waals surface area contributed by atoms with Gasteiger partial charge in [-0.1, -0.05) is 42.5 Å². The van der Waals surface area contributed by atoms with Crippen molar-refractivity contribution in [3.8, 4) is 11.3 Å². The predicted molar refractivity (Wildman–Crippen MR) is 101 cm³/mol. The fraction of sp³-hybridized carbons (Fsp3) is 0.182. The van der Waals surface area contributed by atoms with Gasteiger partial charge in [-0.25, -0.2) is 4.39 Å². The summed E-state index contributed by atoms with van der Waals surface area (Å²) < 4.78 is 15.4. The molecule has 1 aliphatic heterocycles. The van der Waals surface area contributed by atoms with Crippen LogP contribution in [-0.2, 0) is 17.9 Å². The third kappa shape index (κ3) is 2.95. The summed E-state index contributed by atoms with van der Waals surface area (Å²) in [6.07, 6.45) is 0.807. The van der Waals surface area contributed by atoms with Crippen molar-refractivity contribution in [2.75, 3.05) is 0 Å². The lowest BCUT2D eigenvalue weighted by atomic mass is 9.96. The number of aldehydes is 1. The van der Waals surface area contributed by atoms with Gasteiger partial charge in [-0.2, -0.15) is 0 Å². The Bertz CT molecular complexity index is 1010. The third-order valence-electron chi connectivity index (χ3n) is 5.09. The maximum Gasteiger partial charge on any atom is 0.271 e. The lowest BCUT2D eigenvalue weighted by Gasteiger charge is -2.42. The second-order valence-electron chi connectivity index (χ2n) is 7.05. The maximum atomic E-state index is 13.5. The number of amides is 1. The highest BCUT2D eigenvalue weighted by atomic mass is 19.1. The molecule has 4 rings (SSSR count). The molecular weight excluding hydrogens is 343 g/mol. The molecule has 1 aromatic heterocycles. The summed E-state index contributed by atoms with van der Waals surface area (Å²) in [4.78, 5) is 26.7. The van der Waals surface area contributed by atoms with E-state index in [9.17, 15) is 14.0 Å². The minimum absolute atomic E-state index is 0.178. The largest absolute Gasteiger partial charge is 0.334 e. The zero-order valence-electron chi connectivity index (χ0n) is 14.9. The van der Waals surface area contributed by atoms with Gasteiger partial charge in [-0.15, -0.1) is 0 Å². The van der Waals surface area contributed by atoms with Crippen molar-refractivity contribution in [2.24, 2.45) is 0 Å². The average Bonchev–Trinajstić information content (AvgIpc) is 3.09. The molecule has 0 saturated carbocycles. The Kier molecular flexibility index (Phi) is 4.15. The second kappa shape index (κ2) is 6.50. The Morgan fingerprint density at radius 3 is 2.48 bits per heavy atom. The summed E-state index contributed by atoms with van der Waals surface area (Å²) in [5, 5.41) is 0. The Morgan fingerprint density at radius 1 is 1.04 bits per heavy atom. The van der Waals surface area contributed by atoms with E-state index in [0.29, 0.717) is 17.8 Å². The lowest BCUT2D eigenvalue weighted by molar-refractivity contribution is -0.118. The molecule has 0 radical (unpaired) electrons. The van der Waals surface area contributed by atoms with Gasteiger partial charge >= 0.3 is 0 Å². The Morgan fingerprint density at radius 2 is 1.78 bits per heavy atom. The molecule has 0 bridgehead atoms. The van der Waals surface area contributed by atoms with Gasteiger partial charge in [0, 0.05) is 12.2 Å². The zero-order valence-corrected chi connectivity index (χ0v) is 14.9. The summed E-state index contributed by atoms with van der Waals surface area (Å²) in [6.45, 7) is 2.27. The van der Waals surface area contributed by atoms with Gasteiger partial charge < -0.3 is 14.3 Å². The highest BCUT2D eigenvalue weighted by molar-refractivity contribution is 5.97. The lowest BCUT2D eigenvalue weighted by Crippen LogP contribution is -2.57. The van der Waals surface area contributed by atoms with Gasteiger partial charge in [-0.05, 0) is 42.3 Å². The van der Waals surface area contributed by atoms with E-state index in [1.807, 2.05) is 41.0 Å². The molecule has 0 saturated heterocycles. The van der Waals surface area contributed by atoms with E-state index < -0.39 is 5.54 Å². The van der Waals surface area contributed by atoms with Crippen LogP contribution in [0.3, 0.4) is 0 Å². The monoisotopic (exact) mass is 362 g/mol. The molecule has 0 N–H and O–H groups in total. The van der Waals surface area contributed by atoms with Crippen LogP contribution < -0.4 is 0 Å². The summed E-state index contributed by atoms with van der Waals surface area (Å²) in [6, 6.07) is 19.6. The normalized spacial score (nSPS) is 19.0. The van der Waals surface area contributed by atoms with Gasteiger partial charge in [-0.3, -0.25) is 4.79 Å². The van der Waals surface area contributed by atoms with E-state index in [1.165, 1.54) is 17.0 Å².